The van der Waals surface area contributed by atoms with Crippen molar-refractivity contribution in [3.8, 4) is 11.3 Å². The quantitative estimate of drug-likeness (QED) is 0.474. The van der Waals surface area contributed by atoms with Gasteiger partial charge in [0, 0.05) is 47.4 Å². The number of aromatic nitrogens is 2. The van der Waals surface area contributed by atoms with Crippen molar-refractivity contribution in [3.63, 3.8) is 0 Å². The molecule has 140 valence electrons. The van der Waals surface area contributed by atoms with Gasteiger partial charge in [0.15, 0.2) is 10.7 Å². The molecule has 0 aliphatic carbocycles. The molecule has 0 unspecified atom stereocenters. The number of anilines is 1. The van der Waals surface area contributed by atoms with Gasteiger partial charge in [-0.25, -0.2) is 4.98 Å². The molecule has 2 aromatic heterocycles. The van der Waals surface area contributed by atoms with Crippen LogP contribution in [0.15, 0.2) is 66.3 Å². The van der Waals surface area contributed by atoms with Crippen molar-refractivity contribution in [1.82, 2.24) is 9.38 Å². The lowest BCUT2D eigenvalue weighted by atomic mass is 10.0. The first kappa shape index (κ1) is 18.1. The number of imidazole rings is 1. The van der Waals surface area contributed by atoms with Gasteiger partial charge in [0.1, 0.15) is 0 Å². The van der Waals surface area contributed by atoms with Crippen LogP contribution in [0.5, 0.6) is 0 Å². The van der Waals surface area contributed by atoms with E-state index in [1.54, 1.807) is 23.5 Å². The van der Waals surface area contributed by atoms with Crippen LogP contribution in [0.2, 0.25) is 0 Å². The van der Waals surface area contributed by atoms with Crippen LogP contribution in [0.25, 0.3) is 16.2 Å². The highest BCUT2D eigenvalue weighted by molar-refractivity contribution is 7.15. The molecule has 2 aromatic carbocycles. The summed E-state index contributed by atoms with van der Waals surface area (Å²) in [6.07, 6.45) is 4.31. The van der Waals surface area contributed by atoms with Crippen molar-refractivity contribution >= 4 is 33.7 Å². The molecule has 0 atom stereocenters. The summed E-state index contributed by atoms with van der Waals surface area (Å²) < 4.78 is 1.99. The second-order valence-corrected chi connectivity index (χ2v) is 7.51. The van der Waals surface area contributed by atoms with E-state index in [4.69, 9.17) is 0 Å². The normalized spacial score (nSPS) is 10.9. The third-order valence-electron chi connectivity index (χ3n) is 4.51. The Morgan fingerprint density at radius 3 is 2.50 bits per heavy atom. The molecule has 5 nitrogen and oxygen atoms in total. The smallest absolute Gasteiger partial charge is 0.224 e. The molecule has 0 radical (unpaired) electrons. The number of carbonyl (C=O) groups excluding carboxylic acids is 2. The Bertz CT molecular complexity index is 1100. The predicted molar refractivity (Wildman–Crippen MR) is 112 cm³/mol. The Morgan fingerprint density at radius 2 is 1.79 bits per heavy atom. The number of thiazole rings is 1. The summed E-state index contributed by atoms with van der Waals surface area (Å²) in [5.41, 5.74) is 4.34. The van der Waals surface area contributed by atoms with E-state index in [-0.39, 0.29) is 24.5 Å². The Labute approximate surface area is 166 Å². The summed E-state index contributed by atoms with van der Waals surface area (Å²) in [4.78, 5) is 29.9. The first-order valence-corrected chi connectivity index (χ1v) is 9.89. The van der Waals surface area contributed by atoms with Crippen molar-refractivity contribution in [1.29, 1.82) is 0 Å². The van der Waals surface area contributed by atoms with E-state index in [0.717, 1.165) is 21.8 Å². The number of aryl methyl sites for hydroxylation is 1. The molecule has 0 saturated heterocycles. The third-order valence-corrected chi connectivity index (χ3v) is 5.28. The number of nitrogens with zero attached hydrogens (tertiary/aromatic N) is 2. The average Bonchev–Trinajstić information content (AvgIpc) is 3.29. The number of carbonyl (C=O) groups is 2. The summed E-state index contributed by atoms with van der Waals surface area (Å²) >= 11 is 1.59. The molecular weight excluding hydrogens is 370 g/mol. The Morgan fingerprint density at radius 1 is 1.04 bits per heavy atom. The highest BCUT2D eigenvalue weighted by Gasteiger charge is 2.10. The van der Waals surface area contributed by atoms with Crippen molar-refractivity contribution in [2.45, 2.75) is 19.8 Å². The molecule has 0 bridgehead atoms. The zero-order valence-corrected chi connectivity index (χ0v) is 16.2. The molecule has 0 fully saturated rings. The molecule has 0 spiro atoms. The van der Waals surface area contributed by atoms with Gasteiger partial charge in [0.25, 0.3) is 0 Å². The van der Waals surface area contributed by atoms with Crippen molar-refractivity contribution in [3.05, 3.63) is 77.4 Å². The van der Waals surface area contributed by atoms with Gasteiger partial charge in [0.2, 0.25) is 5.91 Å². The van der Waals surface area contributed by atoms with Gasteiger partial charge in [-0.2, -0.15) is 0 Å². The third kappa shape index (κ3) is 4.02. The van der Waals surface area contributed by atoms with E-state index in [0.29, 0.717) is 11.3 Å². The molecule has 0 aliphatic rings. The van der Waals surface area contributed by atoms with E-state index in [1.807, 2.05) is 65.5 Å². The first-order chi connectivity index (χ1) is 13.6. The van der Waals surface area contributed by atoms with E-state index in [2.05, 4.69) is 10.3 Å². The topological polar surface area (TPSA) is 63.5 Å². The molecular formula is C22H19N3O2S. The Balaban J connectivity index is 1.33. The molecule has 4 aromatic rings. The average molecular weight is 389 g/mol. The van der Waals surface area contributed by atoms with Gasteiger partial charge < -0.3 is 5.32 Å². The van der Waals surface area contributed by atoms with Gasteiger partial charge >= 0.3 is 0 Å². The van der Waals surface area contributed by atoms with Crippen LogP contribution < -0.4 is 5.32 Å². The number of nitrogens with one attached hydrogen (secondary N) is 1. The van der Waals surface area contributed by atoms with Gasteiger partial charge in [-0.05, 0) is 19.1 Å². The molecule has 2 heterocycles. The van der Waals surface area contributed by atoms with Crippen LogP contribution in [0, 0.1) is 6.92 Å². The number of fused-ring (bicyclic) bond motifs is 1. The lowest BCUT2D eigenvalue weighted by Crippen LogP contribution is -2.13. The minimum atomic E-state index is -0.171. The predicted octanol–water partition coefficient (Wildman–Crippen LogP) is 4.97. The summed E-state index contributed by atoms with van der Waals surface area (Å²) in [5.74, 6) is -0.194. The van der Waals surface area contributed by atoms with E-state index in [1.165, 1.54) is 0 Å². The number of benzene rings is 2. The highest BCUT2D eigenvalue weighted by Crippen LogP contribution is 2.23. The van der Waals surface area contributed by atoms with Crippen LogP contribution in [0.3, 0.4) is 0 Å². The first-order valence-electron chi connectivity index (χ1n) is 9.01. The summed E-state index contributed by atoms with van der Waals surface area (Å²) in [6.45, 7) is 1.97. The second kappa shape index (κ2) is 7.78. The van der Waals surface area contributed by atoms with Crippen LogP contribution in [-0.4, -0.2) is 21.1 Å². The van der Waals surface area contributed by atoms with Gasteiger partial charge in [0.05, 0.1) is 5.69 Å². The number of ketones is 1. The minimum Gasteiger partial charge on any atom is -0.326 e. The number of Topliss-reactive ketones (excluding diaryl/α,β-unsaturated/α-hetero) is 1. The fraction of sp³-hybridized carbons (Fsp3) is 0.136. The lowest BCUT2D eigenvalue weighted by Gasteiger charge is -2.06. The van der Waals surface area contributed by atoms with E-state index in [9.17, 15) is 9.59 Å². The van der Waals surface area contributed by atoms with Crippen LogP contribution in [0.1, 0.15) is 28.8 Å². The number of rotatable bonds is 6. The Hall–Kier alpha value is -3.25. The van der Waals surface area contributed by atoms with E-state index < -0.39 is 0 Å². The fourth-order valence-corrected chi connectivity index (χ4v) is 3.63. The molecule has 6 heteroatoms. The fourth-order valence-electron chi connectivity index (χ4n) is 2.93. The largest absolute Gasteiger partial charge is 0.326 e. The SMILES string of the molecule is Cc1ccc(C(=O)CCC(=O)Nc2ccc(-c3cn4ccsc4n3)cc2)cc1. The van der Waals surface area contributed by atoms with Crippen molar-refractivity contribution in [2.24, 2.45) is 0 Å². The van der Waals surface area contributed by atoms with Gasteiger partial charge in [-0.1, -0.05) is 42.0 Å². The highest BCUT2D eigenvalue weighted by atomic mass is 32.1. The minimum absolute atomic E-state index is 0.0229. The zero-order chi connectivity index (χ0) is 19.5. The Kier molecular flexibility index (Phi) is 5.04. The maximum Gasteiger partial charge on any atom is 0.224 e. The van der Waals surface area contributed by atoms with Crippen molar-refractivity contribution in [2.75, 3.05) is 5.32 Å². The van der Waals surface area contributed by atoms with Crippen LogP contribution in [0.4, 0.5) is 5.69 Å². The standard InChI is InChI=1S/C22H19N3O2S/c1-15-2-4-17(5-3-15)20(26)10-11-21(27)23-18-8-6-16(7-9-18)19-14-25-12-13-28-22(25)24-19/h2-9,12-14H,10-11H2,1H3,(H,23,27). The summed E-state index contributed by atoms with van der Waals surface area (Å²) in [7, 11) is 0. The molecule has 4 rings (SSSR count). The van der Waals surface area contributed by atoms with Crippen molar-refractivity contribution < 1.29 is 9.59 Å². The summed E-state index contributed by atoms with van der Waals surface area (Å²) in [5, 5.41) is 4.84. The number of hydrogen-bond donors (Lipinski definition) is 1. The van der Waals surface area contributed by atoms with Gasteiger partial charge in [-0.3, -0.25) is 14.0 Å². The lowest BCUT2D eigenvalue weighted by molar-refractivity contribution is -0.116. The van der Waals surface area contributed by atoms with Gasteiger partial charge in [-0.15, -0.1) is 11.3 Å². The maximum atomic E-state index is 12.2. The number of hydrogen-bond acceptors (Lipinski definition) is 4. The maximum absolute atomic E-state index is 12.2. The van der Waals surface area contributed by atoms with E-state index >= 15 is 0 Å². The zero-order valence-electron chi connectivity index (χ0n) is 15.4. The second-order valence-electron chi connectivity index (χ2n) is 6.63. The molecule has 1 amide bonds. The summed E-state index contributed by atoms with van der Waals surface area (Å²) in [6, 6.07) is 15.0. The monoisotopic (exact) mass is 389 g/mol. The molecule has 0 aliphatic heterocycles. The molecule has 28 heavy (non-hydrogen) atoms. The van der Waals surface area contributed by atoms with Crippen LogP contribution >= 0.6 is 11.3 Å². The van der Waals surface area contributed by atoms with Crippen LogP contribution in [-0.2, 0) is 4.79 Å². The molecule has 0 saturated carbocycles. The molecule has 1 N–H and O–H groups in total. The number of amides is 1.